The van der Waals surface area contributed by atoms with Crippen molar-refractivity contribution in [1.29, 1.82) is 0 Å². The lowest BCUT2D eigenvalue weighted by Crippen LogP contribution is -2.54. The third-order valence-corrected chi connectivity index (χ3v) is 10.4. The van der Waals surface area contributed by atoms with Crippen molar-refractivity contribution in [3.8, 4) is 11.1 Å². The van der Waals surface area contributed by atoms with Gasteiger partial charge in [-0.05, 0) is 111 Å². The van der Waals surface area contributed by atoms with Crippen molar-refractivity contribution in [2.45, 2.75) is 59.3 Å². The maximum atomic E-state index is 2.56. The Labute approximate surface area is 286 Å². The Bertz CT molecular complexity index is 2090. The van der Waals surface area contributed by atoms with Crippen LogP contribution in [0.15, 0.2) is 133 Å². The van der Waals surface area contributed by atoms with Gasteiger partial charge in [0.15, 0.2) is 0 Å². The standard InChI is InChI=1S/C45H43BN2/c1-29(2)32-14-13-19-37(24-32)48-43-26-34(31(5)6)21-23-42(43)46-41-22-20-33(30(3)4)25-39(41)40-27-38(28-44(48)45(40)46)47(35-15-9-7-10-16-35)36-17-11-8-12-18-36/h7-31H,1-6H3. The van der Waals surface area contributed by atoms with Crippen LogP contribution in [0.5, 0.6) is 0 Å². The number of fused-ring (bicyclic) bond motifs is 5. The monoisotopic (exact) mass is 622 g/mol. The molecule has 6 aromatic carbocycles. The van der Waals surface area contributed by atoms with Crippen LogP contribution in [0.1, 0.15) is 76.0 Å². The maximum Gasteiger partial charge on any atom is 0.248 e. The van der Waals surface area contributed by atoms with Crippen molar-refractivity contribution in [3.05, 3.63) is 150 Å². The van der Waals surface area contributed by atoms with Crippen LogP contribution in [0.25, 0.3) is 11.1 Å². The van der Waals surface area contributed by atoms with Gasteiger partial charge in [-0.3, -0.25) is 0 Å². The summed E-state index contributed by atoms with van der Waals surface area (Å²) in [4.78, 5) is 4.98. The molecule has 0 N–H and O–H groups in total. The third-order valence-electron chi connectivity index (χ3n) is 10.4. The van der Waals surface area contributed by atoms with Crippen LogP contribution < -0.4 is 26.2 Å². The zero-order chi connectivity index (χ0) is 33.1. The lowest BCUT2D eigenvalue weighted by molar-refractivity contribution is 0.865. The Hall–Kier alpha value is -5.02. The highest BCUT2D eigenvalue weighted by atomic mass is 15.2. The first-order valence-electron chi connectivity index (χ1n) is 17.6. The van der Waals surface area contributed by atoms with Crippen LogP contribution in [0, 0.1) is 0 Å². The van der Waals surface area contributed by atoms with E-state index >= 15 is 0 Å². The van der Waals surface area contributed by atoms with E-state index in [0.717, 1.165) is 17.1 Å². The molecular weight excluding hydrogens is 579 g/mol. The van der Waals surface area contributed by atoms with Crippen molar-refractivity contribution in [3.63, 3.8) is 0 Å². The predicted molar refractivity (Wildman–Crippen MR) is 208 cm³/mol. The molecule has 8 rings (SSSR count). The second-order valence-electron chi connectivity index (χ2n) is 14.4. The Kier molecular flexibility index (Phi) is 7.52. The topological polar surface area (TPSA) is 6.48 Å². The van der Waals surface area contributed by atoms with Crippen LogP contribution in [0.2, 0.25) is 0 Å². The lowest BCUT2D eigenvalue weighted by atomic mass is 9.37. The summed E-state index contributed by atoms with van der Waals surface area (Å²) in [7, 11) is 0. The molecule has 0 atom stereocenters. The van der Waals surface area contributed by atoms with Gasteiger partial charge in [0.1, 0.15) is 0 Å². The molecule has 0 radical (unpaired) electrons. The Morgan fingerprint density at radius 1 is 0.458 bits per heavy atom. The highest BCUT2D eigenvalue weighted by Gasteiger charge is 2.43. The van der Waals surface area contributed by atoms with Crippen LogP contribution in [-0.4, -0.2) is 6.71 Å². The lowest BCUT2D eigenvalue weighted by Gasteiger charge is -2.38. The Morgan fingerprint density at radius 2 is 1.04 bits per heavy atom. The molecular formula is C45H43BN2. The molecule has 0 aliphatic carbocycles. The van der Waals surface area contributed by atoms with E-state index in [0.29, 0.717) is 17.8 Å². The number of para-hydroxylation sites is 2. The number of hydrogen-bond acceptors (Lipinski definition) is 2. The van der Waals surface area contributed by atoms with E-state index in [4.69, 9.17) is 0 Å². The summed E-state index contributed by atoms with van der Waals surface area (Å²) in [6.07, 6.45) is 0. The normalized spacial score (nSPS) is 12.9. The summed E-state index contributed by atoms with van der Waals surface area (Å²) in [5, 5.41) is 0. The molecule has 2 aliphatic heterocycles. The SMILES string of the molecule is CC(C)c1cccc(N2c3cc(C(C)C)ccc3B3c4ccc(C(C)C)cc4-c4cc(N(c5ccccc5)c5ccccc5)cc2c43)c1. The van der Waals surface area contributed by atoms with Gasteiger partial charge in [0.05, 0.1) is 0 Å². The van der Waals surface area contributed by atoms with E-state index in [9.17, 15) is 0 Å². The van der Waals surface area contributed by atoms with E-state index in [1.807, 2.05) is 0 Å². The zero-order valence-electron chi connectivity index (χ0n) is 28.9. The number of rotatable bonds is 7. The van der Waals surface area contributed by atoms with Gasteiger partial charge in [0, 0.05) is 34.1 Å². The first-order chi connectivity index (χ1) is 23.3. The summed E-state index contributed by atoms with van der Waals surface area (Å²) in [6.45, 7) is 14.0. The quantitative estimate of drug-likeness (QED) is 0.163. The van der Waals surface area contributed by atoms with Crippen LogP contribution in [-0.2, 0) is 0 Å². The van der Waals surface area contributed by atoms with Crippen molar-refractivity contribution >= 4 is 57.2 Å². The van der Waals surface area contributed by atoms with Crippen LogP contribution >= 0.6 is 0 Å². The molecule has 0 aromatic heterocycles. The summed E-state index contributed by atoms with van der Waals surface area (Å²) in [5.74, 6) is 1.32. The van der Waals surface area contributed by atoms with Gasteiger partial charge in [-0.25, -0.2) is 0 Å². The molecule has 6 aromatic rings. The molecule has 48 heavy (non-hydrogen) atoms. The van der Waals surface area contributed by atoms with Crippen LogP contribution in [0.3, 0.4) is 0 Å². The minimum absolute atomic E-state index is 0.183. The average Bonchev–Trinajstić information content (AvgIpc) is 3.43. The van der Waals surface area contributed by atoms with E-state index in [1.165, 1.54) is 61.3 Å². The fourth-order valence-corrected chi connectivity index (χ4v) is 7.75. The van der Waals surface area contributed by atoms with Gasteiger partial charge in [-0.2, -0.15) is 0 Å². The second-order valence-corrected chi connectivity index (χ2v) is 14.4. The molecule has 0 bridgehead atoms. The molecule has 0 fully saturated rings. The van der Waals surface area contributed by atoms with Crippen molar-refractivity contribution in [2.24, 2.45) is 0 Å². The zero-order valence-corrected chi connectivity index (χ0v) is 28.9. The smallest absolute Gasteiger partial charge is 0.248 e. The molecule has 2 nitrogen and oxygen atoms in total. The molecule has 0 spiro atoms. The number of anilines is 6. The predicted octanol–water partition coefficient (Wildman–Crippen LogP) is 10.8. The van der Waals surface area contributed by atoms with Gasteiger partial charge < -0.3 is 9.80 Å². The minimum atomic E-state index is 0.183. The van der Waals surface area contributed by atoms with Gasteiger partial charge >= 0.3 is 0 Å². The summed E-state index contributed by atoms with van der Waals surface area (Å²) in [6, 6.07) is 50.2. The van der Waals surface area contributed by atoms with E-state index in [-0.39, 0.29) is 6.71 Å². The Morgan fingerprint density at radius 3 is 1.67 bits per heavy atom. The van der Waals surface area contributed by atoms with E-state index in [1.54, 1.807) is 0 Å². The first kappa shape index (κ1) is 30.3. The highest BCUT2D eigenvalue weighted by Crippen LogP contribution is 2.46. The Balaban J connectivity index is 1.48. The van der Waals surface area contributed by atoms with Gasteiger partial charge in [-0.15, -0.1) is 0 Å². The molecule has 0 amide bonds. The summed E-state index contributed by atoms with van der Waals surface area (Å²) >= 11 is 0. The van der Waals surface area contributed by atoms with Gasteiger partial charge in [0.2, 0.25) is 6.71 Å². The summed E-state index contributed by atoms with van der Waals surface area (Å²) < 4.78 is 0. The molecule has 3 heteroatoms. The number of benzene rings is 6. The molecule has 2 heterocycles. The molecule has 2 aliphatic rings. The molecule has 0 saturated heterocycles. The highest BCUT2D eigenvalue weighted by molar-refractivity contribution is 7.01. The van der Waals surface area contributed by atoms with E-state index < -0.39 is 0 Å². The van der Waals surface area contributed by atoms with Crippen molar-refractivity contribution in [2.75, 3.05) is 9.80 Å². The fourth-order valence-electron chi connectivity index (χ4n) is 7.75. The largest absolute Gasteiger partial charge is 0.311 e. The number of nitrogens with zero attached hydrogens (tertiary/aromatic N) is 2. The van der Waals surface area contributed by atoms with Crippen molar-refractivity contribution in [1.82, 2.24) is 0 Å². The maximum absolute atomic E-state index is 2.56. The number of hydrogen-bond donors (Lipinski definition) is 0. The second kappa shape index (κ2) is 11.9. The van der Waals surface area contributed by atoms with Gasteiger partial charge in [-0.1, -0.05) is 126 Å². The first-order valence-corrected chi connectivity index (χ1v) is 17.6. The molecule has 0 saturated carbocycles. The summed E-state index contributed by atoms with van der Waals surface area (Å²) in [5.41, 5.74) is 18.2. The van der Waals surface area contributed by atoms with Gasteiger partial charge in [0.25, 0.3) is 0 Å². The third kappa shape index (κ3) is 4.96. The molecule has 0 unspecified atom stereocenters. The average molecular weight is 623 g/mol. The minimum Gasteiger partial charge on any atom is -0.311 e. The van der Waals surface area contributed by atoms with E-state index in [2.05, 4.69) is 185 Å². The fraction of sp³-hybridized carbons (Fsp3) is 0.200. The van der Waals surface area contributed by atoms with Crippen molar-refractivity contribution < 1.29 is 0 Å². The van der Waals surface area contributed by atoms with Crippen LogP contribution in [0.4, 0.5) is 34.1 Å². The molecule has 236 valence electrons.